The second-order valence-corrected chi connectivity index (χ2v) is 8.72. The molecular formula is C23H22F2N4O4. The number of carbonyl (C=O) groups is 2. The topological polar surface area (TPSA) is 108 Å². The molecule has 1 aromatic carbocycles. The van der Waals surface area contributed by atoms with Gasteiger partial charge < -0.3 is 20.5 Å². The average molecular weight is 456 g/mol. The van der Waals surface area contributed by atoms with Crippen LogP contribution in [0.3, 0.4) is 0 Å². The van der Waals surface area contributed by atoms with Crippen LogP contribution in [0.25, 0.3) is 5.52 Å². The van der Waals surface area contributed by atoms with Crippen LogP contribution in [0.5, 0.6) is 11.5 Å². The van der Waals surface area contributed by atoms with Crippen LogP contribution in [0, 0.1) is 5.41 Å². The van der Waals surface area contributed by atoms with Gasteiger partial charge in [-0.1, -0.05) is 12.1 Å². The largest absolute Gasteiger partial charge is 0.490 e. The lowest BCUT2D eigenvalue weighted by Crippen LogP contribution is -2.58. The number of fused-ring (bicyclic) bond motifs is 1. The summed E-state index contributed by atoms with van der Waals surface area (Å²) in [5.41, 5.74) is 6.80. The third kappa shape index (κ3) is 4.08. The number of para-hydroxylation sites is 1. The average Bonchev–Trinajstić information content (AvgIpc) is 3.13. The van der Waals surface area contributed by atoms with Crippen LogP contribution in [0.15, 0.2) is 48.8 Å². The first kappa shape index (κ1) is 21.2. The van der Waals surface area contributed by atoms with Crippen molar-refractivity contribution in [1.29, 1.82) is 0 Å². The number of benzene rings is 1. The van der Waals surface area contributed by atoms with Crippen LogP contribution in [0.4, 0.5) is 8.78 Å². The molecule has 2 aromatic heterocycles. The van der Waals surface area contributed by atoms with Gasteiger partial charge in [0.2, 0.25) is 0 Å². The van der Waals surface area contributed by atoms with Crippen LogP contribution in [-0.2, 0) is 0 Å². The van der Waals surface area contributed by atoms with Crippen molar-refractivity contribution in [2.45, 2.75) is 44.4 Å². The normalized spacial score (nSPS) is 23.7. The number of alkyl halides is 2. The second kappa shape index (κ2) is 8.02. The van der Waals surface area contributed by atoms with Crippen LogP contribution < -0.4 is 20.5 Å². The molecule has 5 rings (SSSR count). The third-order valence-corrected chi connectivity index (χ3v) is 6.42. The highest BCUT2D eigenvalue weighted by Crippen LogP contribution is 2.57. The zero-order chi connectivity index (χ0) is 23.2. The van der Waals surface area contributed by atoms with Gasteiger partial charge in [0.25, 0.3) is 11.8 Å². The number of nitrogens with zero attached hydrogens (tertiary/aromatic N) is 2. The lowest BCUT2D eigenvalue weighted by atomic mass is 9.53. The minimum Gasteiger partial charge on any atom is -0.490 e. The number of hydrogen-bond donors (Lipinski definition) is 2. The van der Waals surface area contributed by atoms with Crippen LogP contribution >= 0.6 is 0 Å². The molecule has 0 radical (unpaired) electrons. The van der Waals surface area contributed by atoms with E-state index in [9.17, 15) is 18.4 Å². The summed E-state index contributed by atoms with van der Waals surface area (Å²) in [5.74, 6) is -0.302. The number of primary amides is 1. The van der Waals surface area contributed by atoms with Crippen LogP contribution in [0.1, 0.15) is 46.4 Å². The maximum atomic E-state index is 12.7. The number of aromatic nitrogens is 2. The monoisotopic (exact) mass is 456 g/mol. The molecular weight excluding hydrogens is 434 g/mol. The number of pyridine rings is 1. The Labute approximate surface area is 187 Å². The predicted octanol–water partition coefficient (Wildman–Crippen LogP) is 3.15. The zero-order valence-electron chi connectivity index (χ0n) is 17.5. The highest BCUT2D eigenvalue weighted by atomic mass is 19.3. The van der Waals surface area contributed by atoms with Crippen molar-refractivity contribution < 1.29 is 27.8 Å². The lowest BCUT2D eigenvalue weighted by molar-refractivity contribution is -0.0834. The molecule has 0 aliphatic heterocycles. The number of hydrogen-bond acceptors (Lipinski definition) is 5. The van der Waals surface area contributed by atoms with Gasteiger partial charge in [-0.25, -0.2) is 4.52 Å². The van der Waals surface area contributed by atoms with E-state index in [0.29, 0.717) is 22.4 Å². The fourth-order valence-electron chi connectivity index (χ4n) is 4.94. The number of amides is 2. The Hall–Kier alpha value is -3.69. The number of nitrogens with two attached hydrogens (primary N) is 1. The number of nitrogens with one attached hydrogen (secondary N) is 1. The van der Waals surface area contributed by atoms with Crippen molar-refractivity contribution in [2.24, 2.45) is 11.1 Å². The van der Waals surface area contributed by atoms with Gasteiger partial charge in [-0.15, -0.1) is 0 Å². The Kier molecular flexibility index (Phi) is 5.15. The van der Waals surface area contributed by atoms with E-state index >= 15 is 0 Å². The van der Waals surface area contributed by atoms with Crippen molar-refractivity contribution in [3.05, 3.63) is 59.9 Å². The Morgan fingerprint density at radius 3 is 2.61 bits per heavy atom. The quantitative estimate of drug-likeness (QED) is 0.568. The van der Waals surface area contributed by atoms with Crippen molar-refractivity contribution in [2.75, 3.05) is 0 Å². The Bertz CT molecular complexity index is 1210. The molecule has 172 valence electrons. The highest BCUT2D eigenvalue weighted by molar-refractivity contribution is 6.00. The fraction of sp³-hybridized carbons (Fsp3) is 0.348. The summed E-state index contributed by atoms with van der Waals surface area (Å²) in [6.45, 7) is -2.93. The molecule has 8 nitrogen and oxygen atoms in total. The van der Waals surface area contributed by atoms with Gasteiger partial charge in [-0.3, -0.25) is 9.59 Å². The van der Waals surface area contributed by atoms with Crippen molar-refractivity contribution >= 4 is 17.3 Å². The minimum absolute atomic E-state index is 0.0198. The van der Waals surface area contributed by atoms with E-state index in [0.717, 1.165) is 25.7 Å². The van der Waals surface area contributed by atoms with E-state index in [1.807, 2.05) is 0 Å². The van der Waals surface area contributed by atoms with E-state index in [2.05, 4.69) is 15.2 Å². The fourth-order valence-corrected chi connectivity index (χ4v) is 4.94. The minimum atomic E-state index is -2.93. The molecule has 3 aromatic rings. The van der Waals surface area contributed by atoms with E-state index < -0.39 is 12.5 Å². The molecule has 2 amide bonds. The first-order valence-electron chi connectivity index (χ1n) is 10.6. The molecule has 0 unspecified atom stereocenters. The summed E-state index contributed by atoms with van der Waals surface area (Å²) in [5, 5.41) is 7.09. The maximum Gasteiger partial charge on any atom is 0.387 e. The SMILES string of the molecule is NC(=O)c1ccccc1OC1CC2(CC(NC(=O)c3cnn4cc(OC(F)F)ccc34)C2)C1. The summed E-state index contributed by atoms with van der Waals surface area (Å²) in [6, 6.07) is 9.89. The van der Waals surface area contributed by atoms with E-state index in [1.54, 1.807) is 24.3 Å². The zero-order valence-corrected chi connectivity index (χ0v) is 17.5. The summed E-state index contributed by atoms with van der Waals surface area (Å²) in [7, 11) is 0. The van der Waals surface area contributed by atoms with E-state index in [1.165, 1.54) is 29.0 Å². The predicted molar refractivity (Wildman–Crippen MR) is 113 cm³/mol. The molecule has 33 heavy (non-hydrogen) atoms. The Balaban J connectivity index is 1.14. The number of ether oxygens (including phenoxy) is 2. The molecule has 2 heterocycles. The van der Waals surface area contributed by atoms with Crippen LogP contribution in [-0.4, -0.2) is 40.2 Å². The molecule has 0 atom stereocenters. The Morgan fingerprint density at radius 2 is 1.88 bits per heavy atom. The maximum absolute atomic E-state index is 12.7. The van der Waals surface area contributed by atoms with Gasteiger partial charge in [0.1, 0.15) is 11.5 Å². The van der Waals surface area contributed by atoms with Crippen LogP contribution in [0.2, 0.25) is 0 Å². The molecule has 1 spiro atoms. The molecule has 3 N–H and O–H groups in total. The van der Waals surface area contributed by atoms with Gasteiger partial charge in [0.15, 0.2) is 0 Å². The van der Waals surface area contributed by atoms with E-state index in [4.69, 9.17) is 10.5 Å². The lowest BCUT2D eigenvalue weighted by Gasteiger charge is -2.57. The molecule has 2 aliphatic carbocycles. The molecule has 0 saturated heterocycles. The standard InChI is InChI=1S/C23H22F2N4O4/c24-22(25)33-14-5-6-18-17(11-27-29(18)12-14)21(31)28-13-7-23(8-13)9-15(10-23)32-19-4-2-1-3-16(19)20(26)30/h1-6,11-13,15,22H,7-10H2,(H2,26,30)(H,28,31). The van der Waals surface area contributed by atoms with Gasteiger partial charge in [-0.2, -0.15) is 13.9 Å². The highest BCUT2D eigenvalue weighted by Gasteiger charge is 2.54. The van der Waals surface area contributed by atoms with Gasteiger partial charge >= 0.3 is 6.61 Å². The first-order chi connectivity index (χ1) is 15.8. The van der Waals surface area contributed by atoms with E-state index in [-0.39, 0.29) is 29.2 Å². The molecule has 2 fully saturated rings. The Morgan fingerprint density at radius 1 is 1.12 bits per heavy atom. The summed E-state index contributed by atoms with van der Waals surface area (Å²) in [4.78, 5) is 24.3. The number of halogens is 2. The van der Waals surface area contributed by atoms with Gasteiger partial charge in [-0.05, 0) is 55.4 Å². The van der Waals surface area contributed by atoms with Crippen molar-refractivity contribution in [1.82, 2.24) is 14.9 Å². The summed E-state index contributed by atoms with van der Waals surface area (Å²) < 4.78 is 36.4. The smallest absolute Gasteiger partial charge is 0.387 e. The first-order valence-corrected chi connectivity index (χ1v) is 10.6. The summed E-state index contributed by atoms with van der Waals surface area (Å²) in [6.07, 6.45) is 6.15. The van der Waals surface area contributed by atoms with Crippen molar-refractivity contribution in [3.63, 3.8) is 0 Å². The van der Waals surface area contributed by atoms with Crippen molar-refractivity contribution in [3.8, 4) is 11.5 Å². The van der Waals surface area contributed by atoms with Gasteiger partial charge in [0, 0.05) is 6.04 Å². The second-order valence-electron chi connectivity index (χ2n) is 8.72. The number of rotatable bonds is 7. The molecule has 10 heteroatoms. The molecule has 2 aliphatic rings. The summed E-state index contributed by atoms with van der Waals surface area (Å²) >= 11 is 0. The third-order valence-electron chi connectivity index (χ3n) is 6.42. The molecule has 2 saturated carbocycles. The van der Waals surface area contributed by atoms with Gasteiger partial charge in [0.05, 0.1) is 35.1 Å². The number of carbonyl (C=O) groups excluding carboxylic acids is 2. The molecule has 0 bridgehead atoms.